The van der Waals surface area contributed by atoms with Crippen molar-refractivity contribution in [1.82, 2.24) is 0 Å². The maximum absolute atomic E-state index is 6.26. The molecule has 2 N–H and O–H groups in total. The number of aryl methyl sites for hydroxylation is 3. The summed E-state index contributed by atoms with van der Waals surface area (Å²) in [6, 6.07) is 5.80. The fourth-order valence-corrected chi connectivity index (χ4v) is 2.34. The smallest absolute Gasteiger partial charge is 0.127 e. The first kappa shape index (κ1) is 12.7. The van der Waals surface area contributed by atoms with Gasteiger partial charge >= 0.3 is 0 Å². The lowest BCUT2D eigenvalue weighted by Gasteiger charge is -2.15. The van der Waals surface area contributed by atoms with E-state index in [-0.39, 0.29) is 6.04 Å². The van der Waals surface area contributed by atoms with Crippen molar-refractivity contribution in [1.29, 1.82) is 0 Å². The van der Waals surface area contributed by atoms with Gasteiger partial charge in [0.1, 0.15) is 11.5 Å². The Balaban J connectivity index is 2.43. The van der Waals surface area contributed by atoms with Crippen LogP contribution in [0, 0.1) is 20.8 Å². The molecule has 1 unspecified atom stereocenters. The Morgan fingerprint density at radius 3 is 2.17 bits per heavy atom. The van der Waals surface area contributed by atoms with Gasteiger partial charge in [-0.05, 0) is 49.1 Å². The summed E-state index contributed by atoms with van der Waals surface area (Å²) in [6.07, 6.45) is 1.67. The summed E-state index contributed by atoms with van der Waals surface area (Å²) in [5.41, 5.74) is 10.6. The average molecular weight is 245 g/mol. The number of benzene rings is 1. The van der Waals surface area contributed by atoms with Crippen molar-refractivity contribution in [3.63, 3.8) is 0 Å². The third kappa shape index (κ3) is 2.14. The molecule has 2 rings (SSSR count). The highest BCUT2D eigenvalue weighted by molar-refractivity contribution is 5.45. The van der Waals surface area contributed by atoms with Crippen molar-refractivity contribution < 1.29 is 9.15 Å². The highest BCUT2D eigenvalue weighted by Gasteiger charge is 2.17. The summed E-state index contributed by atoms with van der Waals surface area (Å²) < 4.78 is 10.8. The van der Waals surface area contributed by atoms with Crippen molar-refractivity contribution in [2.75, 3.05) is 7.11 Å². The largest absolute Gasteiger partial charge is 0.496 e. The molecule has 0 aliphatic heterocycles. The quantitative estimate of drug-likeness (QED) is 0.902. The first-order valence-corrected chi connectivity index (χ1v) is 5.99. The van der Waals surface area contributed by atoms with Crippen LogP contribution < -0.4 is 10.5 Å². The first-order valence-electron chi connectivity index (χ1n) is 5.99. The molecule has 1 atom stereocenters. The lowest BCUT2D eigenvalue weighted by atomic mass is 9.98. The van der Waals surface area contributed by atoms with Gasteiger partial charge in [-0.1, -0.05) is 12.1 Å². The number of rotatable bonds is 3. The van der Waals surface area contributed by atoms with Crippen molar-refractivity contribution >= 4 is 0 Å². The van der Waals surface area contributed by atoms with Crippen LogP contribution in [0.15, 0.2) is 28.9 Å². The molecule has 3 nitrogen and oxygen atoms in total. The van der Waals surface area contributed by atoms with Gasteiger partial charge in [-0.15, -0.1) is 0 Å². The van der Waals surface area contributed by atoms with Crippen LogP contribution in [-0.4, -0.2) is 7.11 Å². The number of hydrogen-bond donors (Lipinski definition) is 1. The Bertz CT molecular complexity index is 534. The molecule has 2 aromatic rings. The van der Waals surface area contributed by atoms with Crippen LogP contribution in [0.4, 0.5) is 0 Å². The lowest BCUT2D eigenvalue weighted by Crippen LogP contribution is -2.12. The Morgan fingerprint density at radius 2 is 1.72 bits per heavy atom. The Hall–Kier alpha value is -1.74. The van der Waals surface area contributed by atoms with Crippen LogP contribution in [0.5, 0.6) is 5.75 Å². The third-order valence-corrected chi connectivity index (χ3v) is 3.23. The van der Waals surface area contributed by atoms with Gasteiger partial charge in [-0.25, -0.2) is 0 Å². The van der Waals surface area contributed by atoms with Crippen LogP contribution in [-0.2, 0) is 0 Å². The van der Waals surface area contributed by atoms with E-state index < -0.39 is 0 Å². The lowest BCUT2D eigenvalue weighted by molar-refractivity contribution is 0.408. The topological polar surface area (TPSA) is 48.4 Å². The van der Waals surface area contributed by atoms with Crippen LogP contribution in [0.2, 0.25) is 0 Å². The third-order valence-electron chi connectivity index (χ3n) is 3.23. The molecule has 1 aromatic carbocycles. The normalized spacial score (nSPS) is 12.5. The van der Waals surface area contributed by atoms with Gasteiger partial charge in [0, 0.05) is 0 Å². The van der Waals surface area contributed by atoms with E-state index in [1.807, 2.05) is 26.8 Å². The highest BCUT2D eigenvalue weighted by atomic mass is 16.5. The highest BCUT2D eigenvalue weighted by Crippen LogP contribution is 2.30. The molecule has 0 amide bonds. The second kappa shape index (κ2) is 4.86. The Labute approximate surface area is 108 Å². The molecule has 0 aliphatic rings. The van der Waals surface area contributed by atoms with Crippen LogP contribution in [0.1, 0.15) is 34.1 Å². The molecule has 1 heterocycles. The zero-order valence-electron chi connectivity index (χ0n) is 11.3. The number of furan rings is 1. The van der Waals surface area contributed by atoms with E-state index in [0.717, 1.165) is 33.8 Å². The number of hydrogen-bond acceptors (Lipinski definition) is 3. The molecular weight excluding hydrogens is 226 g/mol. The fraction of sp³-hybridized carbons (Fsp3) is 0.333. The van der Waals surface area contributed by atoms with E-state index in [9.17, 15) is 0 Å². The van der Waals surface area contributed by atoms with Gasteiger partial charge in [-0.3, -0.25) is 0 Å². The fourth-order valence-electron chi connectivity index (χ4n) is 2.34. The summed E-state index contributed by atoms with van der Waals surface area (Å²) in [4.78, 5) is 0. The molecule has 1 aromatic heterocycles. The zero-order valence-corrected chi connectivity index (χ0v) is 11.3. The van der Waals surface area contributed by atoms with Gasteiger partial charge in [0.25, 0.3) is 0 Å². The van der Waals surface area contributed by atoms with Crippen LogP contribution in [0.3, 0.4) is 0 Å². The predicted octanol–water partition coefficient (Wildman–Crippen LogP) is 3.26. The molecule has 0 radical (unpaired) electrons. The SMILES string of the molecule is COc1c(C)cc(C(N)c2occc2C)cc1C. The van der Waals surface area contributed by atoms with Gasteiger partial charge in [0.15, 0.2) is 0 Å². The van der Waals surface area contributed by atoms with Gasteiger partial charge in [-0.2, -0.15) is 0 Å². The Kier molecular flexibility index (Phi) is 3.43. The second-order valence-corrected chi connectivity index (χ2v) is 4.63. The van der Waals surface area contributed by atoms with Gasteiger partial charge in [0.05, 0.1) is 19.4 Å². The minimum absolute atomic E-state index is 0.233. The molecule has 18 heavy (non-hydrogen) atoms. The van der Waals surface area contributed by atoms with E-state index >= 15 is 0 Å². The van der Waals surface area contributed by atoms with E-state index in [1.54, 1.807) is 13.4 Å². The molecular formula is C15H19NO2. The van der Waals surface area contributed by atoms with Gasteiger partial charge < -0.3 is 14.9 Å². The summed E-state index contributed by atoms with van der Waals surface area (Å²) in [6.45, 7) is 6.05. The second-order valence-electron chi connectivity index (χ2n) is 4.63. The molecule has 0 aliphatic carbocycles. The number of ether oxygens (including phenoxy) is 1. The van der Waals surface area contributed by atoms with E-state index in [1.165, 1.54) is 0 Å². The average Bonchev–Trinajstić information content (AvgIpc) is 2.74. The summed E-state index contributed by atoms with van der Waals surface area (Å²) in [7, 11) is 1.69. The number of nitrogens with two attached hydrogens (primary N) is 1. The summed E-state index contributed by atoms with van der Waals surface area (Å²) in [5.74, 6) is 1.74. The molecule has 0 saturated carbocycles. The maximum atomic E-state index is 6.26. The van der Waals surface area contributed by atoms with Crippen LogP contribution in [0.25, 0.3) is 0 Å². The molecule has 96 valence electrons. The van der Waals surface area contributed by atoms with E-state index in [4.69, 9.17) is 14.9 Å². The molecule has 0 fully saturated rings. The van der Waals surface area contributed by atoms with Crippen molar-refractivity contribution in [3.05, 3.63) is 52.5 Å². The molecule has 3 heteroatoms. The standard InChI is InChI=1S/C15H19NO2/c1-9-5-6-18-15(9)13(16)12-7-10(2)14(17-4)11(3)8-12/h5-8,13H,16H2,1-4H3. The summed E-state index contributed by atoms with van der Waals surface area (Å²) in [5, 5.41) is 0. The predicted molar refractivity (Wildman–Crippen MR) is 71.9 cm³/mol. The van der Waals surface area contributed by atoms with Crippen molar-refractivity contribution in [2.45, 2.75) is 26.8 Å². The van der Waals surface area contributed by atoms with Crippen molar-refractivity contribution in [3.8, 4) is 5.75 Å². The maximum Gasteiger partial charge on any atom is 0.127 e. The van der Waals surface area contributed by atoms with Crippen LogP contribution >= 0.6 is 0 Å². The molecule has 0 bridgehead atoms. The van der Waals surface area contributed by atoms with E-state index in [2.05, 4.69) is 12.1 Å². The zero-order chi connectivity index (χ0) is 13.3. The minimum Gasteiger partial charge on any atom is -0.496 e. The minimum atomic E-state index is -0.233. The van der Waals surface area contributed by atoms with E-state index in [0.29, 0.717) is 0 Å². The van der Waals surface area contributed by atoms with Gasteiger partial charge in [0.2, 0.25) is 0 Å². The first-order chi connectivity index (χ1) is 8.54. The number of methoxy groups -OCH3 is 1. The summed E-state index contributed by atoms with van der Waals surface area (Å²) >= 11 is 0. The monoisotopic (exact) mass is 245 g/mol. The molecule has 0 spiro atoms. The van der Waals surface area contributed by atoms with Crippen molar-refractivity contribution in [2.24, 2.45) is 5.73 Å². The Morgan fingerprint density at radius 1 is 1.11 bits per heavy atom. The molecule has 0 saturated heterocycles.